The van der Waals surface area contributed by atoms with E-state index in [1.54, 1.807) is 6.07 Å². The molecule has 0 unspecified atom stereocenters. The Morgan fingerprint density at radius 3 is 2.76 bits per heavy atom. The predicted molar refractivity (Wildman–Crippen MR) is 90.0 cm³/mol. The highest BCUT2D eigenvalue weighted by Crippen LogP contribution is 2.15. The molecule has 0 aliphatic heterocycles. The molecule has 0 aliphatic carbocycles. The van der Waals surface area contributed by atoms with Crippen LogP contribution in [0.4, 0.5) is 4.39 Å². The number of aromatic nitrogens is 3. The van der Waals surface area contributed by atoms with Crippen LogP contribution >= 0.6 is 0 Å². The molecule has 1 aromatic carbocycles. The molecule has 0 saturated carbocycles. The van der Waals surface area contributed by atoms with Gasteiger partial charge in [-0.15, -0.1) is 17.4 Å². The second kappa shape index (κ2) is 7.90. The summed E-state index contributed by atoms with van der Waals surface area (Å²) in [7, 11) is -3.89. The average Bonchev–Trinajstić information content (AvgIpc) is 2.97. The van der Waals surface area contributed by atoms with Gasteiger partial charge in [0.2, 0.25) is 15.8 Å². The Kier molecular flexibility index (Phi) is 5.88. The number of nitrogens with one attached hydrogen (secondary N) is 1. The molecule has 0 bridgehead atoms. The van der Waals surface area contributed by atoms with Crippen LogP contribution in [0.1, 0.15) is 36.2 Å². The lowest BCUT2D eigenvalue weighted by molar-refractivity contribution is 0.0971. The van der Waals surface area contributed by atoms with Crippen LogP contribution in [0.2, 0.25) is 0 Å². The van der Waals surface area contributed by atoms with Gasteiger partial charge < -0.3 is 0 Å². The van der Waals surface area contributed by atoms with E-state index < -0.39 is 21.7 Å². The van der Waals surface area contributed by atoms with Crippen molar-refractivity contribution in [2.45, 2.75) is 26.2 Å². The van der Waals surface area contributed by atoms with Crippen LogP contribution in [0.15, 0.2) is 24.3 Å². The van der Waals surface area contributed by atoms with Gasteiger partial charge in [-0.1, -0.05) is 19.1 Å². The summed E-state index contributed by atoms with van der Waals surface area (Å²) in [6.45, 7) is 1.89. The smallest absolute Gasteiger partial charge is 0.264 e. The Bertz CT molecular complexity index is 916. The summed E-state index contributed by atoms with van der Waals surface area (Å²) in [4.78, 5) is 16.2. The number of benzene rings is 1. The number of amides is 1. The average molecular weight is 364 g/mol. The number of hydrogen-bond acceptors (Lipinski definition) is 5. The molecule has 0 aliphatic rings. The van der Waals surface area contributed by atoms with Gasteiger partial charge in [0, 0.05) is 12.8 Å². The molecule has 0 spiro atoms. The molecule has 9 heteroatoms. The van der Waals surface area contributed by atoms with Crippen molar-refractivity contribution in [3.63, 3.8) is 0 Å². The van der Waals surface area contributed by atoms with E-state index in [9.17, 15) is 17.6 Å². The van der Waals surface area contributed by atoms with Crippen molar-refractivity contribution in [2.24, 2.45) is 0 Å². The van der Waals surface area contributed by atoms with Crippen LogP contribution in [-0.4, -0.2) is 34.8 Å². The molecule has 1 aromatic heterocycles. The van der Waals surface area contributed by atoms with Crippen molar-refractivity contribution < 1.29 is 17.6 Å². The monoisotopic (exact) mass is 364 g/mol. The molecule has 2 rings (SSSR count). The third kappa shape index (κ3) is 4.64. The zero-order valence-corrected chi connectivity index (χ0v) is 14.4. The first-order valence-electron chi connectivity index (χ1n) is 7.57. The van der Waals surface area contributed by atoms with Gasteiger partial charge in [-0.25, -0.2) is 27.2 Å². The van der Waals surface area contributed by atoms with Gasteiger partial charge >= 0.3 is 5.91 Å². The Hall–Kier alpha value is -2.73. The fourth-order valence-corrected chi connectivity index (χ4v) is 2.94. The van der Waals surface area contributed by atoms with E-state index >= 15 is 0 Å². The van der Waals surface area contributed by atoms with Crippen LogP contribution in [0.3, 0.4) is 0 Å². The number of aryl methyl sites for hydroxylation is 1. The lowest BCUT2D eigenvalue weighted by Gasteiger charge is -2.05. The van der Waals surface area contributed by atoms with E-state index in [-0.39, 0.29) is 23.7 Å². The predicted octanol–water partition coefficient (Wildman–Crippen LogP) is 1.44. The number of nitrogens with zero attached hydrogens (tertiary/aromatic N) is 3. The van der Waals surface area contributed by atoms with Crippen LogP contribution in [0.5, 0.6) is 0 Å². The van der Waals surface area contributed by atoms with E-state index in [1.165, 1.54) is 22.9 Å². The maximum atomic E-state index is 14.0. The number of sulfonamides is 1. The molecule has 1 N–H and O–H groups in total. The molecule has 132 valence electrons. The zero-order valence-electron chi connectivity index (χ0n) is 13.6. The number of carbonyl (C=O) groups excluding carboxylic acids is 1. The van der Waals surface area contributed by atoms with Gasteiger partial charge in [0.15, 0.2) is 0 Å². The largest absolute Gasteiger partial charge is 0.304 e. The summed E-state index contributed by atoms with van der Waals surface area (Å²) in [5.41, 5.74) is 0.132. The minimum Gasteiger partial charge on any atom is -0.264 e. The van der Waals surface area contributed by atoms with Crippen LogP contribution in [0, 0.1) is 18.2 Å². The lowest BCUT2D eigenvalue weighted by atomic mass is 10.3. The third-order valence-electron chi connectivity index (χ3n) is 3.19. The van der Waals surface area contributed by atoms with Crippen LogP contribution in [0.25, 0.3) is 5.69 Å². The van der Waals surface area contributed by atoms with Gasteiger partial charge in [0.05, 0.1) is 5.75 Å². The molecule has 0 radical (unpaired) electrons. The Morgan fingerprint density at radius 1 is 1.40 bits per heavy atom. The van der Waals surface area contributed by atoms with E-state index in [0.717, 1.165) is 0 Å². The number of para-hydroxylation sites is 1. The number of halogens is 1. The number of hydrogen-bond donors (Lipinski definition) is 1. The van der Waals surface area contributed by atoms with Gasteiger partial charge in [0.25, 0.3) is 0 Å². The summed E-state index contributed by atoms with van der Waals surface area (Å²) in [6.07, 6.45) is 6.13. The highest BCUT2D eigenvalue weighted by molar-refractivity contribution is 7.90. The summed E-state index contributed by atoms with van der Waals surface area (Å²) in [5, 5.41) is 3.97. The van der Waals surface area contributed by atoms with E-state index in [2.05, 4.69) is 16.0 Å². The van der Waals surface area contributed by atoms with Crippen LogP contribution < -0.4 is 4.72 Å². The minimum absolute atomic E-state index is 0.0270. The third-order valence-corrected chi connectivity index (χ3v) is 4.43. The van der Waals surface area contributed by atoms with Crippen molar-refractivity contribution in [3.05, 3.63) is 41.7 Å². The van der Waals surface area contributed by atoms with Gasteiger partial charge in [-0.2, -0.15) is 0 Å². The fraction of sp³-hybridized carbons (Fsp3) is 0.312. The highest BCUT2D eigenvalue weighted by atomic mass is 32.2. The first-order valence-corrected chi connectivity index (χ1v) is 9.22. The molecule has 2 aromatic rings. The maximum absolute atomic E-state index is 14.0. The fourth-order valence-electron chi connectivity index (χ4n) is 2.07. The van der Waals surface area contributed by atoms with Crippen molar-refractivity contribution in [1.82, 2.24) is 19.5 Å². The summed E-state index contributed by atoms with van der Waals surface area (Å²) >= 11 is 0. The number of terminal acetylenes is 1. The highest BCUT2D eigenvalue weighted by Gasteiger charge is 2.22. The molecule has 1 heterocycles. The molecular formula is C16H17FN4O3S. The van der Waals surface area contributed by atoms with E-state index in [0.29, 0.717) is 18.7 Å². The molecule has 0 fully saturated rings. The quantitative estimate of drug-likeness (QED) is 0.751. The van der Waals surface area contributed by atoms with Crippen LogP contribution in [-0.2, 0) is 16.4 Å². The topological polar surface area (TPSA) is 94.0 Å². The zero-order chi connectivity index (χ0) is 18.4. The Labute approximate surface area is 145 Å². The second-order valence-corrected chi connectivity index (χ2v) is 7.01. The van der Waals surface area contributed by atoms with Gasteiger partial charge in [0.1, 0.15) is 17.3 Å². The SMILES string of the molecule is C#CCCS(=O)(=O)NC(=O)c1nc(CCC)n(-c2ccccc2F)n1. The summed E-state index contributed by atoms with van der Waals surface area (Å²) < 4.78 is 40.6. The Morgan fingerprint density at radius 2 is 2.12 bits per heavy atom. The van der Waals surface area contributed by atoms with Crippen molar-refractivity contribution in [1.29, 1.82) is 0 Å². The molecule has 0 atom stereocenters. The molecule has 25 heavy (non-hydrogen) atoms. The van der Waals surface area contributed by atoms with E-state index in [1.807, 2.05) is 11.6 Å². The molecule has 7 nitrogen and oxygen atoms in total. The van der Waals surface area contributed by atoms with Gasteiger partial charge in [-0.05, 0) is 18.6 Å². The Balaban J connectivity index is 2.34. The van der Waals surface area contributed by atoms with Crippen molar-refractivity contribution in [3.8, 4) is 18.0 Å². The number of carbonyl (C=O) groups is 1. The molecule has 0 saturated heterocycles. The molecule has 1 amide bonds. The first kappa shape index (κ1) is 18.6. The van der Waals surface area contributed by atoms with E-state index in [4.69, 9.17) is 6.42 Å². The standard InChI is InChI=1S/C16H17FN4O3S/c1-3-5-11-25(23,24)20-16(22)15-18-14(8-4-2)21(19-15)13-10-7-6-9-12(13)17/h1,6-7,9-10H,4-5,8,11H2,2H3,(H,20,22). The van der Waals surface area contributed by atoms with Gasteiger partial charge in [-0.3, -0.25) is 4.79 Å². The number of rotatable bonds is 7. The second-order valence-electron chi connectivity index (χ2n) is 5.17. The summed E-state index contributed by atoms with van der Waals surface area (Å²) in [5.74, 6) is 0.301. The van der Waals surface area contributed by atoms with Crippen molar-refractivity contribution >= 4 is 15.9 Å². The molecular weight excluding hydrogens is 347 g/mol. The normalized spacial score (nSPS) is 11.1. The first-order chi connectivity index (χ1) is 11.9. The van der Waals surface area contributed by atoms with Crippen molar-refractivity contribution in [2.75, 3.05) is 5.75 Å². The summed E-state index contributed by atoms with van der Waals surface area (Å²) in [6, 6.07) is 5.91. The lowest BCUT2D eigenvalue weighted by Crippen LogP contribution is -2.33. The minimum atomic E-state index is -3.89. The maximum Gasteiger partial charge on any atom is 0.304 e.